The molecular weight excluding hydrogens is 218 g/mol. The maximum Gasteiger partial charge on any atom is 0.240 e. The van der Waals surface area contributed by atoms with Crippen LogP contribution in [0.1, 0.15) is 19.2 Å². The molecule has 2 aromatic rings. The second-order valence-electron chi connectivity index (χ2n) is 3.59. The zero-order chi connectivity index (χ0) is 12.1. The minimum atomic E-state index is 0.255. The van der Waals surface area contributed by atoms with E-state index in [9.17, 15) is 0 Å². The first-order valence-electron chi connectivity index (χ1n) is 5.59. The molecule has 0 saturated heterocycles. The van der Waals surface area contributed by atoms with Gasteiger partial charge >= 0.3 is 0 Å². The fourth-order valence-corrected chi connectivity index (χ4v) is 1.38. The van der Waals surface area contributed by atoms with E-state index < -0.39 is 0 Å². The number of nitrogens with zero attached hydrogens (tertiary/aromatic N) is 2. The van der Waals surface area contributed by atoms with Crippen LogP contribution < -0.4 is 10.5 Å². The lowest BCUT2D eigenvalue weighted by molar-refractivity contribution is 0.317. The van der Waals surface area contributed by atoms with Gasteiger partial charge in [0.15, 0.2) is 0 Å². The third-order valence-corrected chi connectivity index (χ3v) is 2.23. The summed E-state index contributed by atoms with van der Waals surface area (Å²) in [6.07, 6.45) is 0.993. The topological polar surface area (TPSA) is 74.2 Å². The van der Waals surface area contributed by atoms with Crippen LogP contribution in [0.2, 0.25) is 0 Å². The van der Waals surface area contributed by atoms with Gasteiger partial charge in [-0.2, -0.15) is 4.98 Å². The molecule has 1 aromatic carbocycles. The minimum absolute atomic E-state index is 0.255. The molecule has 0 radical (unpaired) electrons. The lowest BCUT2D eigenvalue weighted by Crippen LogP contribution is -1.96. The molecule has 0 saturated carbocycles. The molecule has 0 unspecified atom stereocenters. The van der Waals surface area contributed by atoms with Gasteiger partial charge in [0, 0.05) is 5.56 Å². The Morgan fingerprint density at radius 1 is 1.29 bits per heavy atom. The van der Waals surface area contributed by atoms with Crippen molar-refractivity contribution >= 4 is 0 Å². The third kappa shape index (κ3) is 2.82. The van der Waals surface area contributed by atoms with E-state index in [1.165, 1.54) is 0 Å². The third-order valence-electron chi connectivity index (χ3n) is 2.23. The molecule has 1 heterocycles. The number of benzene rings is 1. The number of hydrogen-bond donors (Lipinski definition) is 1. The largest absolute Gasteiger partial charge is 0.494 e. The van der Waals surface area contributed by atoms with Gasteiger partial charge < -0.3 is 15.0 Å². The second kappa shape index (κ2) is 5.45. The summed E-state index contributed by atoms with van der Waals surface area (Å²) in [5, 5.41) is 3.84. The van der Waals surface area contributed by atoms with Crippen LogP contribution in [-0.4, -0.2) is 16.7 Å². The molecule has 90 valence electrons. The number of aromatic nitrogens is 2. The SMILES string of the molecule is CCCOc1ccc(-c2noc(CN)n2)cc1. The highest BCUT2D eigenvalue weighted by molar-refractivity contribution is 5.55. The molecule has 0 aliphatic carbocycles. The van der Waals surface area contributed by atoms with E-state index in [1.807, 2.05) is 24.3 Å². The van der Waals surface area contributed by atoms with Crippen LogP contribution in [0.25, 0.3) is 11.4 Å². The van der Waals surface area contributed by atoms with Crippen molar-refractivity contribution in [2.24, 2.45) is 5.73 Å². The van der Waals surface area contributed by atoms with E-state index in [-0.39, 0.29) is 6.54 Å². The maximum absolute atomic E-state index is 5.49. The molecule has 0 atom stereocenters. The summed E-state index contributed by atoms with van der Waals surface area (Å²) in [7, 11) is 0. The van der Waals surface area contributed by atoms with Gasteiger partial charge in [-0.05, 0) is 30.7 Å². The summed E-state index contributed by atoms with van der Waals surface area (Å²) >= 11 is 0. The van der Waals surface area contributed by atoms with Crippen molar-refractivity contribution in [1.82, 2.24) is 10.1 Å². The molecular formula is C12H15N3O2. The zero-order valence-corrected chi connectivity index (χ0v) is 9.72. The van der Waals surface area contributed by atoms with Crippen molar-refractivity contribution < 1.29 is 9.26 Å². The van der Waals surface area contributed by atoms with E-state index in [2.05, 4.69) is 17.1 Å². The van der Waals surface area contributed by atoms with E-state index in [0.29, 0.717) is 11.7 Å². The summed E-state index contributed by atoms with van der Waals surface area (Å²) in [5.74, 6) is 1.83. The van der Waals surface area contributed by atoms with Gasteiger partial charge in [-0.3, -0.25) is 0 Å². The van der Waals surface area contributed by atoms with E-state index >= 15 is 0 Å². The Hall–Kier alpha value is -1.88. The van der Waals surface area contributed by atoms with Crippen molar-refractivity contribution in [2.45, 2.75) is 19.9 Å². The molecule has 0 spiro atoms. The van der Waals surface area contributed by atoms with Crippen LogP contribution >= 0.6 is 0 Å². The number of hydrogen-bond acceptors (Lipinski definition) is 5. The first-order valence-corrected chi connectivity index (χ1v) is 5.59. The fourth-order valence-electron chi connectivity index (χ4n) is 1.38. The molecule has 5 heteroatoms. The Bertz CT molecular complexity index is 465. The molecule has 5 nitrogen and oxygen atoms in total. The van der Waals surface area contributed by atoms with Crippen molar-refractivity contribution in [2.75, 3.05) is 6.61 Å². The van der Waals surface area contributed by atoms with Gasteiger partial charge in [0.1, 0.15) is 5.75 Å². The van der Waals surface area contributed by atoms with Crippen molar-refractivity contribution in [3.63, 3.8) is 0 Å². The summed E-state index contributed by atoms with van der Waals surface area (Å²) < 4.78 is 10.4. The summed E-state index contributed by atoms with van der Waals surface area (Å²) in [6, 6.07) is 7.58. The van der Waals surface area contributed by atoms with Crippen LogP contribution in [0.5, 0.6) is 5.75 Å². The number of rotatable bonds is 5. The summed E-state index contributed by atoms with van der Waals surface area (Å²) in [4.78, 5) is 4.15. The Kier molecular flexibility index (Phi) is 3.72. The Balaban J connectivity index is 2.11. The predicted molar refractivity (Wildman–Crippen MR) is 63.4 cm³/mol. The fraction of sp³-hybridized carbons (Fsp3) is 0.333. The average Bonchev–Trinajstić information content (AvgIpc) is 2.86. The Morgan fingerprint density at radius 2 is 2.06 bits per heavy atom. The second-order valence-corrected chi connectivity index (χ2v) is 3.59. The Labute approximate surface area is 99.6 Å². The van der Waals surface area contributed by atoms with Gasteiger partial charge in [0.2, 0.25) is 11.7 Å². The van der Waals surface area contributed by atoms with Crippen molar-refractivity contribution in [3.8, 4) is 17.1 Å². The molecule has 17 heavy (non-hydrogen) atoms. The van der Waals surface area contributed by atoms with E-state index in [0.717, 1.165) is 24.3 Å². The average molecular weight is 233 g/mol. The minimum Gasteiger partial charge on any atom is -0.494 e. The van der Waals surface area contributed by atoms with E-state index in [1.54, 1.807) is 0 Å². The van der Waals surface area contributed by atoms with Gasteiger partial charge in [0.25, 0.3) is 0 Å². The molecule has 2 N–H and O–H groups in total. The van der Waals surface area contributed by atoms with Gasteiger partial charge in [-0.1, -0.05) is 12.1 Å². The summed E-state index contributed by atoms with van der Waals surface area (Å²) in [5.41, 5.74) is 6.29. The molecule has 0 fully saturated rings. The molecule has 0 bridgehead atoms. The zero-order valence-electron chi connectivity index (χ0n) is 9.72. The molecule has 0 amide bonds. The van der Waals surface area contributed by atoms with Gasteiger partial charge in [0.05, 0.1) is 13.2 Å². The van der Waals surface area contributed by atoms with Crippen LogP contribution in [0.4, 0.5) is 0 Å². The highest BCUT2D eigenvalue weighted by atomic mass is 16.5. The monoisotopic (exact) mass is 233 g/mol. The van der Waals surface area contributed by atoms with Crippen LogP contribution in [0.3, 0.4) is 0 Å². The highest BCUT2D eigenvalue weighted by Crippen LogP contribution is 2.19. The van der Waals surface area contributed by atoms with Crippen LogP contribution in [-0.2, 0) is 6.54 Å². The molecule has 0 aliphatic heterocycles. The van der Waals surface area contributed by atoms with Crippen molar-refractivity contribution in [1.29, 1.82) is 0 Å². The molecule has 0 aliphatic rings. The summed E-state index contributed by atoms with van der Waals surface area (Å²) in [6.45, 7) is 3.05. The normalized spacial score (nSPS) is 10.5. The van der Waals surface area contributed by atoms with Gasteiger partial charge in [-0.25, -0.2) is 0 Å². The lowest BCUT2D eigenvalue weighted by atomic mass is 10.2. The first kappa shape index (κ1) is 11.6. The number of ether oxygens (including phenoxy) is 1. The lowest BCUT2D eigenvalue weighted by Gasteiger charge is -2.03. The first-order chi connectivity index (χ1) is 8.33. The molecule has 2 rings (SSSR count). The highest BCUT2D eigenvalue weighted by Gasteiger charge is 2.06. The van der Waals surface area contributed by atoms with Crippen molar-refractivity contribution in [3.05, 3.63) is 30.2 Å². The van der Waals surface area contributed by atoms with E-state index in [4.69, 9.17) is 15.0 Å². The molecule has 1 aromatic heterocycles. The standard InChI is InChI=1S/C12H15N3O2/c1-2-7-16-10-5-3-9(4-6-10)12-14-11(8-13)17-15-12/h3-6H,2,7-8,13H2,1H3. The quantitative estimate of drug-likeness (QED) is 0.854. The van der Waals surface area contributed by atoms with Gasteiger partial charge in [-0.15, -0.1) is 0 Å². The van der Waals surface area contributed by atoms with Crippen LogP contribution in [0.15, 0.2) is 28.8 Å². The maximum atomic E-state index is 5.49. The predicted octanol–water partition coefficient (Wildman–Crippen LogP) is 1.98. The number of nitrogens with two attached hydrogens (primary N) is 1. The van der Waals surface area contributed by atoms with Crippen LogP contribution in [0, 0.1) is 0 Å². The Morgan fingerprint density at radius 3 is 2.65 bits per heavy atom. The smallest absolute Gasteiger partial charge is 0.240 e.